The summed E-state index contributed by atoms with van der Waals surface area (Å²) in [4.78, 5) is 14.3. The lowest BCUT2D eigenvalue weighted by Gasteiger charge is -2.17. The summed E-state index contributed by atoms with van der Waals surface area (Å²) in [7, 11) is -1.75. The average Bonchev–Trinajstić information content (AvgIpc) is 3.39. The van der Waals surface area contributed by atoms with Gasteiger partial charge in [-0.1, -0.05) is 29.8 Å². The maximum Gasteiger partial charge on any atom is 0.253 e. The number of amides is 1. The van der Waals surface area contributed by atoms with E-state index in [0.717, 1.165) is 18.4 Å². The summed E-state index contributed by atoms with van der Waals surface area (Å²) in [5, 5.41) is 0. The third-order valence-corrected chi connectivity index (χ3v) is 5.73. The maximum atomic E-state index is 12.5. The van der Waals surface area contributed by atoms with Crippen LogP contribution in [0.2, 0.25) is 0 Å². The highest BCUT2D eigenvalue weighted by Gasteiger charge is 2.28. The SMILES string of the molecule is Cc1ccc(CN(C)C(=O)c2ccc(S(=O)(=O)NC3CC3)cc2)cc1. The molecule has 132 valence electrons. The molecule has 25 heavy (non-hydrogen) atoms. The van der Waals surface area contributed by atoms with Crippen molar-refractivity contribution in [1.82, 2.24) is 9.62 Å². The summed E-state index contributed by atoms with van der Waals surface area (Å²) in [5.41, 5.74) is 2.70. The van der Waals surface area contributed by atoms with Crippen molar-refractivity contribution in [2.45, 2.75) is 37.2 Å². The van der Waals surface area contributed by atoms with Gasteiger partial charge in [-0.2, -0.15) is 0 Å². The van der Waals surface area contributed by atoms with E-state index >= 15 is 0 Å². The van der Waals surface area contributed by atoms with E-state index in [-0.39, 0.29) is 16.8 Å². The Morgan fingerprint density at radius 3 is 2.24 bits per heavy atom. The lowest BCUT2D eigenvalue weighted by Crippen LogP contribution is -2.27. The topological polar surface area (TPSA) is 66.5 Å². The Labute approximate surface area is 148 Å². The predicted molar refractivity (Wildman–Crippen MR) is 96.8 cm³/mol. The lowest BCUT2D eigenvalue weighted by atomic mass is 10.1. The number of hydrogen-bond donors (Lipinski definition) is 1. The summed E-state index contributed by atoms with van der Waals surface area (Å²) in [5.74, 6) is -0.139. The fraction of sp³-hybridized carbons (Fsp3) is 0.316. The van der Waals surface area contributed by atoms with Gasteiger partial charge < -0.3 is 4.90 Å². The summed E-state index contributed by atoms with van der Waals surface area (Å²) in [6.45, 7) is 2.52. The van der Waals surface area contributed by atoms with Gasteiger partial charge in [0.05, 0.1) is 4.90 Å². The van der Waals surface area contributed by atoms with Gasteiger partial charge in [0.15, 0.2) is 0 Å². The van der Waals surface area contributed by atoms with Crippen LogP contribution in [0, 0.1) is 6.92 Å². The molecule has 1 amide bonds. The normalized spacial score (nSPS) is 14.3. The lowest BCUT2D eigenvalue weighted by molar-refractivity contribution is 0.0785. The van der Waals surface area contributed by atoms with Crippen LogP contribution in [-0.2, 0) is 16.6 Å². The molecule has 0 spiro atoms. The fourth-order valence-corrected chi connectivity index (χ4v) is 3.83. The molecular weight excluding hydrogens is 336 g/mol. The van der Waals surface area contributed by atoms with E-state index < -0.39 is 10.0 Å². The van der Waals surface area contributed by atoms with Gasteiger partial charge in [-0.05, 0) is 49.6 Å². The number of hydrogen-bond acceptors (Lipinski definition) is 3. The van der Waals surface area contributed by atoms with Crippen LogP contribution >= 0.6 is 0 Å². The molecule has 0 unspecified atom stereocenters. The first-order valence-corrected chi connectivity index (χ1v) is 9.77. The summed E-state index contributed by atoms with van der Waals surface area (Å²) in [6, 6.07) is 14.2. The summed E-state index contributed by atoms with van der Waals surface area (Å²) >= 11 is 0. The van der Waals surface area contributed by atoms with E-state index in [0.29, 0.717) is 12.1 Å². The Morgan fingerprint density at radius 2 is 1.68 bits per heavy atom. The molecule has 1 aliphatic carbocycles. The molecule has 0 aliphatic heterocycles. The van der Waals surface area contributed by atoms with Crippen molar-refractivity contribution < 1.29 is 13.2 Å². The zero-order chi connectivity index (χ0) is 18.0. The van der Waals surface area contributed by atoms with Gasteiger partial charge in [0, 0.05) is 25.2 Å². The number of rotatable bonds is 6. The Kier molecular flexibility index (Phi) is 4.92. The molecule has 0 heterocycles. The molecule has 0 aromatic heterocycles. The van der Waals surface area contributed by atoms with E-state index in [9.17, 15) is 13.2 Å². The minimum Gasteiger partial charge on any atom is -0.337 e. The van der Waals surface area contributed by atoms with Crippen LogP contribution < -0.4 is 4.72 Å². The molecule has 2 aromatic rings. The highest BCUT2D eigenvalue weighted by Crippen LogP contribution is 2.22. The Bertz CT molecular complexity index is 855. The van der Waals surface area contributed by atoms with E-state index in [2.05, 4.69) is 4.72 Å². The summed E-state index contributed by atoms with van der Waals surface area (Å²) in [6.07, 6.45) is 1.78. The van der Waals surface area contributed by atoms with Crippen LogP contribution in [0.4, 0.5) is 0 Å². The third-order valence-electron chi connectivity index (χ3n) is 4.20. The molecule has 6 heteroatoms. The smallest absolute Gasteiger partial charge is 0.253 e. The minimum absolute atomic E-state index is 0.0620. The molecule has 1 fully saturated rings. The Morgan fingerprint density at radius 1 is 1.08 bits per heavy atom. The third kappa shape index (κ3) is 4.46. The fourth-order valence-electron chi connectivity index (χ4n) is 2.52. The van der Waals surface area contributed by atoms with Gasteiger partial charge >= 0.3 is 0 Å². The van der Waals surface area contributed by atoms with Crippen LogP contribution in [0.5, 0.6) is 0 Å². The molecule has 0 saturated heterocycles. The summed E-state index contributed by atoms with van der Waals surface area (Å²) < 4.78 is 27.0. The molecule has 1 saturated carbocycles. The first-order valence-electron chi connectivity index (χ1n) is 8.28. The van der Waals surface area contributed by atoms with E-state index in [1.165, 1.54) is 17.7 Å². The van der Waals surface area contributed by atoms with E-state index in [1.54, 1.807) is 24.1 Å². The number of benzene rings is 2. The largest absolute Gasteiger partial charge is 0.337 e. The second kappa shape index (κ2) is 6.98. The highest BCUT2D eigenvalue weighted by molar-refractivity contribution is 7.89. The van der Waals surface area contributed by atoms with Crippen LogP contribution in [-0.4, -0.2) is 32.3 Å². The highest BCUT2D eigenvalue weighted by atomic mass is 32.2. The first kappa shape index (κ1) is 17.6. The van der Waals surface area contributed by atoms with Crippen molar-refractivity contribution >= 4 is 15.9 Å². The minimum atomic E-state index is -3.49. The molecule has 2 aromatic carbocycles. The quantitative estimate of drug-likeness (QED) is 0.863. The van der Waals surface area contributed by atoms with E-state index in [1.807, 2.05) is 31.2 Å². The zero-order valence-corrected chi connectivity index (χ0v) is 15.2. The van der Waals surface area contributed by atoms with Crippen LogP contribution in [0.3, 0.4) is 0 Å². The van der Waals surface area contributed by atoms with Crippen molar-refractivity contribution in [3.05, 3.63) is 65.2 Å². The number of carbonyl (C=O) groups excluding carboxylic acids is 1. The monoisotopic (exact) mass is 358 g/mol. The second-order valence-electron chi connectivity index (χ2n) is 6.57. The first-order chi connectivity index (χ1) is 11.8. The van der Waals surface area contributed by atoms with Crippen molar-refractivity contribution in [2.75, 3.05) is 7.05 Å². The van der Waals surface area contributed by atoms with Gasteiger partial charge in [-0.3, -0.25) is 4.79 Å². The zero-order valence-electron chi connectivity index (χ0n) is 14.4. The number of aryl methyl sites for hydroxylation is 1. The van der Waals surface area contributed by atoms with Crippen molar-refractivity contribution in [1.29, 1.82) is 0 Å². The molecule has 1 aliphatic rings. The molecule has 1 N–H and O–H groups in total. The molecular formula is C19H22N2O3S. The number of carbonyl (C=O) groups is 1. The molecule has 5 nitrogen and oxygen atoms in total. The Balaban J connectivity index is 1.68. The van der Waals surface area contributed by atoms with Gasteiger partial charge in [0.25, 0.3) is 5.91 Å². The van der Waals surface area contributed by atoms with Crippen LogP contribution in [0.1, 0.15) is 34.3 Å². The predicted octanol–water partition coefficient (Wildman–Crippen LogP) is 2.71. The van der Waals surface area contributed by atoms with Crippen molar-refractivity contribution in [2.24, 2.45) is 0 Å². The molecule has 3 rings (SSSR count). The number of nitrogens with one attached hydrogen (secondary N) is 1. The average molecular weight is 358 g/mol. The standard InChI is InChI=1S/C19H22N2O3S/c1-14-3-5-15(6-4-14)13-21(2)19(22)16-7-11-18(12-8-16)25(23,24)20-17-9-10-17/h3-8,11-12,17,20H,9-10,13H2,1-2H3. The van der Waals surface area contributed by atoms with E-state index in [4.69, 9.17) is 0 Å². The van der Waals surface area contributed by atoms with Gasteiger partial charge in [0.1, 0.15) is 0 Å². The van der Waals surface area contributed by atoms with Gasteiger partial charge in [0.2, 0.25) is 10.0 Å². The molecule has 0 bridgehead atoms. The van der Waals surface area contributed by atoms with Gasteiger partial charge in [-0.15, -0.1) is 0 Å². The Hall–Kier alpha value is -2.18. The van der Waals surface area contributed by atoms with Crippen molar-refractivity contribution in [3.63, 3.8) is 0 Å². The van der Waals surface area contributed by atoms with Crippen molar-refractivity contribution in [3.8, 4) is 0 Å². The van der Waals surface area contributed by atoms with Crippen LogP contribution in [0.15, 0.2) is 53.4 Å². The maximum absolute atomic E-state index is 12.5. The number of nitrogens with zero attached hydrogens (tertiary/aromatic N) is 1. The second-order valence-corrected chi connectivity index (χ2v) is 8.28. The number of sulfonamides is 1. The molecule has 0 radical (unpaired) electrons. The molecule has 0 atom stereocenters. The van der Waals surface area contributed by atoms with Crippen LogP contribution in [0.25, 0.3) is 0 Å². The van der Waals surface area contributed by atoms with Gasteiger partial charge in [-0.25, -0.2) is 13.1 Å².